The number of rotatable bonds is 4. The molecule has 0 saturated heterocycles. The number of nitrogens with one attached hydrogen (secondary N) is 2. The SMILES string of the molecule is CNC(=O)C(C)(C)CNc1ncnc2ccc(Br)cc12. The molecule has 0 aliphatic heterocycles. The molecule has 1 amide bonds. The van der Waals surface area contributed by atoms with Crippen LogP contribution < -0.4 is 10.6 Å². The molecule has 0 radical (unpaired) electrons. The van der Waals surface area contributed by atoms with E-state index in [1.54, 1.807) is 7.05 Å². The van der Waals surface area contributed by atoms with Gasteiger partial charge in [0.25, 0.3) is 0 Å². The molecule has 5 nitrogen and oxygen atoms in total. The van der Waals surface area contributed by atoms with E-state index in [0.717, 1.165) is 21.2 Å². The van der Waals surface area contributed by atoms with Crippen LogP contribution in [0.1, 0.15) is 13.8 Å². The first-order valence-electron chi connectivity index (χ1n) is 6.30. The van der Waals surface area contributed by atoms with E-state index < -0.39 is 5.41 Å². The first-order chi connectivity index (χ1) is 9.44. The van der Waals surface area contributed by atoms with Crippen LogP contribution in [-0.2, 0) is 4.79 Å². The van der Waals surface area contributed by atoms with Gasteiger partial charge < -0.3 is 10.6 Å². The Bertz CT molecular complexity index is 642. The molecule has 0 atom stereocenters. The zero-order valence-electron chi connectivity index (χ0n) is 11.7. The number of fused-ring (bicyclic) bond motifs is 1. The van der Waals surface area contributed by atoms with Gasteiger partial charge in [-0.1, -0.05) is 15.9 Å². The number of anilines is 1. The number of benzene rings is 1. The Morgan fingerprint density at radius 1 is 1.35 bits per heavy atom. The van der Waals surface area contributed by atoms with E-state index in [1.807, 2.05) is 32.0 Å². The fourth-order valence-corrected chi connectivity index (χ4v) is 2.25. The molecule has 1 heterocycles. The van der Waals surface area contributed by atoms with Crippen molar-refractivity contribution in [3.63, 3.8) is 0 Å². The highest BCUT2D eigenvalue weighted by molar-refractivity contribution is 9.10. The lowest BCUT2D eigenvalue weighted by atomic mass is 9.92. The van der Waals surface area contributed by atoms with Gasteiger partial charge in [0.05, 0.1) is 10.9 Å². The zero-order valence-corrected chi connectivity index (χ0v) is 13.3. The quantitative estimate of drug-likeness (QED) is 0.900. The third kappa shape index (κ3) is 3.07. The molecule has 2 rings (SSSR count). The van der Waals surface area contributed by atoms with E-state index in [9.17, 15) is 4.79 Å². The number of carbonyl (C=O) groups is 1. The van der Waals surface area contributed by atoms with Crippen molar-refractivity contribution in [2.45, 2.75) is 13.8 Å². The fraction of sp³-hybridized carbons (Fsp3) is 0.357. The number of nitrogens with zero attached hydrogens (tertiary/aromatic N) is 2. The molecule has 106 valence electrons. The second kappa shape index (κ2) is 5.75. The second-order valence-corrected chi connectivity index (χ2v) is 6.12. The molecule has 0 bridgehead atoms. The third-order valence-electron chi connectivity index (χ3n) is 3.14. The van der Waals surface area contributed by atoms with Gasteiger partial charge in [-0.25, -0.2) is 9.97 Å². The maximum atomic E-state index is 11.8. The second-order valence-electron chi connectivity index (χ2n) is 5.20. The zero-order chi connectivity index (χ0) is 14.8. The highest BCUT2D eigenvalue weighted by atomic mass is 79.9. The summed E-state index contributed by atoms with van der Waals surface area (Å²) in [7, 11) is 1.64. The van der Waals surface area contributed by atoms with Gasteiger partial charge in [-0.3, -0.25) is 4.79 Å². The lowest BCUT2D eigenvalue weighted by molar-refractivity contribution is -0.128. The van der Waals surface area contributed by atoms with E-state index in [2.05, 4.69) is 36.5 Å². The minimum atomic E-state index is -0.516. The predicted octanol–water partition coefficient (Wildman–Crippen LogP) is 2.58. The van der Waals surface area contributed by atoms with Crippen LogP contribution in [-0.4, -0.2) is 29.5 Å². The topological polar surface area (TPSA) is 66.9 Å². The van der Waals surface area contributed by atoms with E-state index in [4.69, 9.17) is 0 Å². The molecule has 0 aliphatic carbocycles. The number of halogens is 1. The predicted molar refractivity (Wildman–Crippen MR) is 83.6 cm³/mol. The minimum Gasteiger partial charge on any atom is -0.368 e. The van der Waals surface area contributed by atoms with E-state index in [-0.39, 0.29) is 5.91 Å². The minimum absolute atomic E-state index is 0.00968. The normalized spacial score (nSPS) is 11.4. The largest absolute Gasteiger partial charge is 0.368 e. The molecule has 0 aliphatic rings. The summed E-state index contributed by atoms with van der Waals surface area (Å²) in [4.78, 5) is 20.3. The van der Waals surface area contributed by atoms with Crippen LogP contribution in [0.5, 0.6) is 0 Å². The van der Waals surface area contributed by atoms with Crippen LogP contribution in [0.25, 0.3) is 10.9 Å². The Morgan fingerprint density at radius 3 is 2.80 bits per heavy atom. The van der Waals surface area contributed by atoms with Crippen molar-refractivity contribution >= 4 is 38.6 Å². The molecule has 1 aromatic carbocycles. The van der Waals surface area contributed by atoms with Crippen molar-refractivity contribution < 1.29 is 4.79 Å². The van der Waals surface area contributed by atoms with Crippen LogP contribution in [0.15, 0.2) is 29.0 Å². The van der Waals surface area contributed by atoms with Gasteiger partial charge in [0.2, 0.25) is 5.91 Å². The lowest BCUT2D eigenvalue weighted by Crippen LogP contribution is -2.39. The number of carbonyl (C=O) groups excluding carboxylic acids is 1. The maximum absolute atomic E-state index is 11.8. The molecule has 2 aromatic rings. The summed E-state index contributed by atoms with van der Waals surface area (Å²) in [5, 5.41) is 6.83. The fourth-order valence-electron chi connectivity index (χ4n) is 1.89. The molecule has 0 spiro atoms. The summed E-state index contributed by atoms with van der Waals surface area (Å²) >= 11 is 3.44. The Balaban J connectivity index is 2.26. The van der Waals surface area contributed by atoms with E-state index in [1.165, 1.54) is 6.33 Å². The summed E-state index contributed by atoms with van der Waals surface area (Å²) < 4.78 is 0.966. The Morgan fingerprint density at radius 2 is 2.10 bits per heavy atom. The number of hydrogen-bond acceptors (Lipinski definition) is 4. The Kier molecular flexibility index (Phi) is 4.23. The van der Waals surface area contributed by atoms with Gasteiger partial charge in [0.1, 0.15) is 12.1 Å². The van der Waals surface area contributed by atoms with Gasteiger partial charge in [-0.15, -0.1) is 0 Å². The van der Waals surface area contributed by atoms with Crippen molar-refractivity contribution in [3.05, 3.63) is 29.0 Å². The van der Waals surface area contributed by atoms with Gasteiger partial charge in [0, 0.05) is 23.5 Å². The first kappa shape index (κ1) is 14.7. The van der Waals surface area contributed by atoms with Crippen LogP contribution in [0.4, 0.5) is 5.82 Å². The summed E-state index contributed by atoms with van der Waals surface area (Å²) in [5.74, 6) is 0.720. The molecule has 2 N–H and O–H groups in total. The van der Waals surface area contributed by atoms with Crippen LogP contribution in [0, 0.1) is 5.41 Å². The Labute approximate surface area is 126 Å². The van der Waals surface area contributed by atoms with Crippen molar-refractivity contribution in [3.8, 4) is 0 Å². The smallest absolute Gasteiger partial charge is 0.227 e. The van der Waals surface area contributed by atoms with Crippen molar-refractivity contribution in [2.75, 3.05) is 18.9 Å². The molecular weight excluding hydrogens is 320 g/mol. The summed E-state index contributed by atoms with van der Waals surface area (Å²) in [6, 6.07) is 5.83. The maximum Gasteiger partial charge on any atom is 0.227 e. The van der Waals surface area contributed by atoms with Gasteiger partial charge in [-0.2, -0.15) is 0 Å². The van der Waals surface area contributed by atoms with Crippen molar-refractivity contribution in [1.82, 2.24) is 15.3 Å². The summed E-state index contributed by atoms with van der Waals surface area (Å²) in [5.41, 5.74) is 0.348. The number of aromatic nitrogens is 2. The van der Waals surface area contributed by atoms with E-state index in [0.29, 0.717) is 6.54 Å². The van der Waals surface area contributed by atoms with Crippen LogP contribution >= 0.6 is 15.9 Å². The summed E-state index contributed by atoms with van der Waals surface area (Å²) in [6.07, 6.45) is 1.52. The van der Waals surface area contributed by atoms with Gasteiger partial charge in [0.15, 0.2) is 0 Å². The molecular formula is C14H17BrN4O. The molecule has 1 aromatic heterocycles. The van der Waals surface area contributed by atoms with Crippen molar-refractivity contribution in [1.29, 1.82) is 0 Å². The first-order valence-corrected chi connectivity index (χ1v) is 7.09. The Hall–Kier alpha value is -1.69. The lowest BCUT2D eigenvalue weighted by Gasteiger charge is -2.23. The summed E-state index contributed by atoms with van der Waals surface area (Å²) in [6.45, 7) is 4.27. The van der Waals surface area contributed by atoms with E-state index >= 15 is 0 Å². The molecule has 0 unspecified atom stereocenters. The standard InChI is InChI=1S/C14H17BrN4O/c1-14(2,13(20)16-3)7-17-12-10-6-9(15)4-5-11(10)18-8-19-12/h4-6,8H,7H2,1-3H3,(H,16,20)(H,17,18,19). The molecule has 0 fully saturated rings. The van der Waals surface area contributed by atoms with Crippen molar-refractivity contribution in [2.24, 2.45) is 5.41 Å². The average Bonchev–Trinajstić information content (AvgIpc) is 2.44. The average molecular weight is 337 g/mol. The van der Waals surface area contributed by atoms with Crippen LogP contribution in [0.3, 0.4) is 0 Å². The monoisotopic (exact) mass is 336 g/mol. The molecule has 6 heteroatoms. The van der Waals surface area contributed by atoms with Gasteiger partial charge >= 0.3 is 0 Å². The number of hydrogen-bond donors (Lipinski definition) is 2. The van der Waals surface area contributed by atoms with Crippen LogP contribution in [0.2, 0.25) is 0 Å². The highest BCUT2D eigenvalue weighted by Crippen LogP contribution is 2.24. The number of amides is 1. The molecule has 20 heavy (non-hydrogen) atoms. The van der Waals surface area contributed by atoms with Gasteiger partial charge in [-0.05, 0) is 32.0 Å². The third-order valence-corrected chi connectivity index (χ3v) is 3.63. The molecule has 0 saturated carbocycles. The highest BCUT2D eigenvalue weighted by Gasteiger charge is 2.26.